The molecule has 0 fully saturated rings. The van der Waals surface area contributed by atoms with E-state index in [9.17, 15) is 14.9 Å². The molecule has 2 rings (SSSR count). The van der Waals surface area contributed by atoms with Crippen LogP contribution in [0.2, 0.25) is 5.02 Å². The van der Waals surface area contributed by atoms with Crippen LogP contribution in [0.1, 0.15) is 10.4 Å². The van der Waals surface area contributed by atoms with Gasteiger partial charge in [-0.2, -0.15) is 0 Å². The molecule has 0 atom stereocenters. The minimum Gasteiger partial charge on any atom is -0.478 e. The number of benzene rings is 2. The number of carbonyl (C=O) groups is 1. The second kappa shape index (κ2) is 5.58. The lowest BCUT2D eigenvalue weighted by Gasteiger charge is -2.09. The van der Waals surface area contributed by atoms with Crippen LogP contribution in [0.25, 0.3) is 0 Å². The van der Waals surface area contributed by atoms with Crippen molar-refractivity contribution in [2.75, 3.05) is 0 Å². The normalized spacial score (nSPS) is 10.1. The molecule has 7 heteroatoms. The van der Waals surface area contributed by atoms with Gasteiger partial charge in [0.1, 0.15) is 17.1 Å². The van der Waals surface area contributed by atoms with Gasteiger partial charge in [-0.1, -0.05) is 17.7 Å². The molecule has 0 aliphatic carbocycles. The molecule has 0 unspecified atom stereocenters. The molecule has 0 saturated heterocycles. The highest BCUT2D eigenvalue weighted by atomic mass is 35.5. The first-order chi connectivity index (χ1) is 9.49. The van der Waals surface area contributed by atoms with Gasteiger partial charge in [-0.3, -0.25) is 10.1 Å². The number of nitrogens with zero attached hydrogens (tertiary/aromatic N) is 1. The monoisotopic (exact) mass is 293 g/mol. The van der Waals surface area contributed by atoms with Crippen LogP contribution in [0.4, 0.5) is 5.69 Å². The maximum Gasteiger partial charge on any atom is 0.341 e. The summed E-state index contributed by atoms with van der Waals surface area (Å²) < 4.78 is 5.40. The van der Waals surface area contributed by atoms with Gasteiger partial charge >= 0.3 is 5.97 Å². The third-order valence-electron chi connectivity index (χ3n) is 2.46. The van der Waals surface area contributed by atoms with Crippen molar-refractivity contribution in [1.82, 2.24) is 0 Å². The van der Waals surface area contributed by atoms with E-state index >= 15 is 0 Å². The molecule has 0 bridgehead atoms. The first-order valence-electron chi connectivity index (χ1n) is 5.43. The largest absolute Gasteiger partial charge is 0.478 e. The van der Waals surface area contributed by atoms with Crippen LogP contribution in [0.5, 0.6) is 11.5 Å². The molecular weight excluding hydrogens is 286 g/mol. The molecule has 20 heavy (non-hydrogen) atoms. The van der Waals surface area contributed by atoms with Gasteiger partial charge in [0.05, 0.1) is 9.95 Å². The van der Waals surface area contributed by atoms with Gasteiger partial charge in [-0.05, 0) is 24.3 Å². The van der Waals surface area contributed by atoms with Gasteiger partial charge in [-0.15, -0.1) is 0 Å². The van der Waals surface area contributed by atoms with Crippen LogP contribution in [0.3, 0.4) is 0 Å². The standard InChI is InChI=1S/C13H8ClNO5/c14-10-2-1-3-11(12(10)13(16)17)20-9-6-4-8(5-7-9)15(18)19/h1-7H,(H,16,17). The second-order valence-electron chi connectivity index (χ2n) is 3.77. The van der Waals surface area contributed by atoms with Gasteiger partial charge in [0.15, 0.2) is 0 Å². The van der Waals surface area contributed by atoms with E-state index in [-0.39, 0.29) is 27.8 Å². The van der Waals surface area contributed by atoms with Gasteiger partial charge in [0, 0.05) is 12.1 Å². The zero-order chi connectivity index (χ0) is 14.7. The zero-order valence-corrected chi connectivity index (χ0v) is 10.7. The Labute approximate surface area is 118 Å². The molecule has 102 valence electrons. The topological polar surface area (TPSA) is 89.7 Å². The average molecular weight is 294 g/mol. The summed E-state index contributed by atoms with van der Waals surface area (Å²) in [6, 6.07) is 9.73. The number of nitro benzene ring substituents is 1. The SMILES string of the molecule is O=C(O)c1c(Cl)cccc1Oc1ccc([N+](=O)[O-])cc1. The lowest BCUT2D eigenvalue weighted by Crippen LogP contribution is -2.01. The van der Waals surface area contributed by atoms with E-state index in [2.05, 4.69) is 0 Å². The van der Waals surface area contributed by atoms with E-state index in [1.54, 1.807) is 6.07 Å². The summed E-state index contributed by atoms with van der Waals surface area (Å²) in [5, 5.41) is 19.7. The summed E-state index contributed by atoms with van der Waals surface area (Å²) in [5.74, 6) is -0.869. The van der Waals surface area contributed by atoms with Crippen LogP contribution < -0.4 is 4.74 Å². The first-order valence-corrected chi connectivity index (χ1v) is 5.81. The molecule has 1 N–H and O–H groups in total. The Morgan fingerprint density at radius 2 is 1.85 bits per heavy atom. The van der Waals surface area contributed by atoms with Crippen molar-refractivity contribution >= 4 is 23.3 Å². The first kappa shape index (κ1) is 13.8. The smallest absolute Gasteiger partial charge is 0.341 e. The van der Waals surface area contributed by atoms with E-state index < -0.39 is 10.9 Å². The van der Waals surface area contributed by atoms with E-state index in [1.165, 1.54) is 36.4 Å². The molecule has 2 aromatic carbocycles. The van der Waals surface area contributed by atoms with Crippen molar-refractivity contribution in [3.63, 3.8) is 0 Å². The Bertz CT molecular complexity index is 669. The number of rotatable bonds is 4. The van der Waals surface area contributed by atoms with Gasteiger partial charge in [0.2, 0.25) is 0 Å². The van der Waals surface area contributed by atoms with Crippen molar-refractivity contribution in [2.45, 2.75) is 0 Å². The van der Waals surface area contributed by atoms with Crippen LogP contribution in [-0.2, 0) is 0 Å². The number of carboxylic acid groups (broad SMARTS) is 1. The maximum absolute atomic E-state index is 11.1. The highest BCUT2D eigenvalue weighted by Crippen LogP contribution is 2.31. The molecule has 0 radical (unpaired) electrons. The number of hydrogen-bond donors (Lipinski definition) is 1. The van der Waals surface area contributed by atoms with Crippen molar-refractivity contribution in [3.05, 3.63) is 63.2 Å². The molecule has 0 aliphatic rings. The summed E-state index contributed by atoms with van der Waals surface area (Å²) in [6.45, 7) is 0. The van der Waals surface area contributed by atoms with Crippen molar-refractivity contribution in [2.24, 2.45) is 0 Å². The Hall–Kier alpha value is -2.60. The molecule has 2 aromatic rings. The molecule has 0 amide bonds. The fourth-order valence-corrected chi connectivity index (χ4v) is 1.81. The summed E-state index contributed by atoms with van der Waals surface area (Å²) >= 11 is 5.81. The Balaban J connectivity index is 2.33. The minimum absolute atomic E-state index is 0.0527. The average Bonchev–Trinajstić information content (AvgIpc) is 2.39. The number of ether oxygens (including phenoxy) is 1. The summed E-state index contributed by atoms with van der Waals surface area (Å²) in [6.07, 6.45) is 0. The molecule has 0 aromatic heterocycles. The van der Waals surface area contributed by atoms with E-state index in [0.29, 0.717) is 0 Å². The maximum atomic E-state index is 11.1. The van der Waals surface area contributed by atoms with Crippen LogP contribution in [-0.4, -0.2) is 16.0 Å². The van der Waals surface area contributed by atoms with Crippen LogP contribution in [0.15, 0.2) is 42.5 Å². The van der Waals surface area contributed by atoms with E-state index in [1.807, 2.05) is 0 Å². The number of halogens is 1. The predicted molar refractivity (Wildman–Crippen MR) is 71.6 cm³/mol. The van der Waals surface area contributed by atoms with Gasteiger partial charge in [0.25, 0.3) is 5.69 Å². The Morgan fingerprint density at radius 1 is 1.20 bits per heavy atom. The summed E-state index contributed by atoms with van der Waals surface area (Å²) in [7, 11) is 0. The molecule has 0 heterocycles. The fraction of sp³-hybridized carbons (Fsp3) is 0. The number of hydrogen-bond acceptors (Lipinski definition) is 4. The Kier molecular flexibility index (Phi) is 3.86. The summed E-state index contributed by atoms with van der Waals surface area (Å²) in [5.41, 5.74) is -0.241. The highest BCUT2D eigenvalue weighted by Gasteiger charge is 2.16. The number of aromatic carboxylic acids is 1. The lowest BCUT2D eigenvalue weighted by molar-refractivity contribution is -0.384. The zero-order valence-electron chi connectivity index (χ0n) is 9.95. The van der Waals surface area contributed by atoms with Crippen molar-refractivity contribution in [1.29, 1.82) is 0 Å². The quantitative estimate of drug-likeness (QED) is 0.685. The van der Waals surface area contributed by atoms with E-state index in [0.717, 1.165) is 0 Å². The molecule has 0 aliphatic heterocycles. The highest BCUT2D eigenvalue weighted by molar-refractivity contribution is 6.33. The number of non-ortho nitro benzene ring substituents is 1. The number of nitro groups is 1. The minimum atomic E-state index is -1.22. The van der Waals surface area contributed by atoms with Crippen molar-refractivity contribution in [3.8, 4) is 11.5 Å². The van der Waals surface area contributed by atoms with Crippen molar-refractivity contribution < 1.29 is 19.6 Å². The predicted octanol–water partition coefficient (Wildman–Crippen LogP) is 3.74. The third-order valence-corrected chi connectivity index (χ3v) is 2.78. The fourth-order valence-electron chi connectivity index (χ4n) is 1.56. The van der Waals surface area contributed by atoms with Crippen LogP contribution >= 0.6 is 11.6 Å². The van der Waals surface area contributed by atoms with Gasteiger partial charge in [-0.25, -0.2) is 4.79 Å². The third kappa shape index (κ3) is 2.86. The second-order valence-corrected chi connectivity index (χ2v) is 4.18. The summed E-state index contributed by atoms with van der Waals surface area (Å²) in [4.78, 5) is 21.1. The van der Waals surface area contributed by atoms with Gasteiger partial charge < -0.3 is 9.84 Å². The lowest BCUT2D eigenvalue weighted by atomic mass is 10.2. The van der Waals surface area contributed by atoms with E-state index in [4.69, 9.17) is 21.4 Å². The molecule has 6 nitrogen and oxygen atoms in total. The van der Waals surface area contributed by atoms with Crippen LogP contribution in [0, 0.1) is 10.1 Å². The number of carboxylic acids is 1. The molecular formula is C13H8ClNO5. The Morgan fingerprint density at radius 3 is 2.40 bits per heavy atom. The molecule has 0 spiro atoms. The molecule has 0 saturated carbocycles.